The van der Waals surface area contributed by atoms with Crippen molar-refractivity contribution in [2.75, 3.05) is 19.3 Å². The minimum Gasteiger partial charge on any atom is -0.397 e. The lowest BCUT2D eigenvalue weighted by atomic mass is 10.3. The number of anilines is 1. The Morgan fingerprint density at radius 2 is 2.15 bits per heavy atom. The van der Waals surface area contributed by atoms with Gasteiger partial charge in [-0.1, -0.05) is 11.6 Å². The topological polar surface area (TPSA) is 92.5 Å². The summed E-state index contributed by atoms with van der Waals surface area (Å²) in [5, 5.41) is 3.03. The molecule has 0 heterocycles. The van der Waals surface area contributed by atoms with Crippen molar-refractivity contribution in [3.63, 3.8) is 0 Å². The van der Waals surface area contributed by atoms with Crippen LogP contribution in [-0.2, 0) is 14.8 Å². The molecule has 1 amide bonds. The largest absolute Gasteiger partial charge is 0.397 e. The zero-order valence-electron chi connectivity index (χ0n) is 11.0. The van der Waals surface area contributed by atoms with E-state index < -0.39 is 10.0 Å². The van der Waals surface area contributed by atoms with Gasteiger partial charge in [0, 0.05) is 13.1 Å². The van der Waals surface area contributed by atoms with Gasteiger partial charge >= 0.3 is 0 Å². The van der Waals surface area contributed by atoms with Gasteiger partial charge in [0.25, 0.3) is 0 Å². The van der Waals surface area contributed by atoms with E-state index in [1.807, 2.05) is 0 Å². The van der Waals surface area contributed by atoms with Crippen LogP contribution in [0.25, 0.3) is 0 Å². The van der Waals surface area contributed by atoms with E-state index in [9.17, 15) is 13.2 Å². The highest BCUT2D eigenvalue weighted by Crippen LogP contribution is 2.24. The minimum absolute atomic E-state index is 0.0149. The van der Waals surface area contributed by atoms with Crippen LogP contribution in [0.15, 0.2) is 23.1 Å². The van der Waals surface area contributed by atoms with E-state index in [1.165, 1.54) is 25.2 Å². The maximum atomic E-state index is 12.3. The van der Waals surface area contributed by atoms with Crippen LogP contribution in [0, 0.1) is 0 Å². The fraction of sp³-hybridized carbons (Fsp3) is 0.417. The van der Waals surface area contributed by atoms with Crippen LogP contribution in [0.4, 0.5) is 5.69 Å². The van der Waals surface area contributed by atoms with Crippen LogP contribution < -0.4 is 11.1 Å². The lowest BCUT2D eigenvalue weighted by Gasteiger charge is -2.17. The van der Waals surface area contributed by atoms with Crippen molar-refractivity contribution in [1.29, 1.82) is 0 Å². The first-order chi connectivity index (χ1) is 9.30. The summed E-state index contributed by atoms with van der Waals surface area (Å²) >= 11 is 5.76. The van der Waals surface area contributed by atoms with E-state index in [2.05, 4.69) is 5.32 Å². The predicted octanol–water partition coefficient (Wildman–Crippen LogP) is 0.821. The van der Waals surface area contributed by atoms with Crippen LogP contribution in [0.1, 0.15) is 12.8 Å². The first kappa shape index (κ1) is 15.1. The Morgan fingerprint density at radius 3 is 2.70 bits per heavy atom. The molecule has 1 fully saturated rings. The van der Waals surface area contributed by atoms with E-state index >= 15 is 0 Å². The Kier molecular flexibility index (Phi) is 4.22. The molecule has 2 rings (SSSR count). The van der Waals surface area contributed by atoms with Gasteiger partial charge < -0.3 is 11.1 Å². The third-order valence-corrected chi connectivity index (χ3v) is 5.13. The monoisotopic (exact) mass is 317 g/mol. The van der Waals surface area contributed by atoms with Gasteiger partial charge in [-0.3, -0.25) is 4.79 Å². The number of nitrogens with zero attached hydrogens (tertiary/aromatic N) is 1. The predicted molar refractivity (Wildman–Crippen MR) is 76.8 cm³/mol. The van der Waals surface area contributed by atoms with Crippen molar-refractivity contribution in [3.8, 4) is 0 Å². The number of benzene rings is 1. The highest BCUT2D eigenvalue weighted by Gasteiger charge is 2.27. The van der Waals surface area contributed by atoms with Gasteiger partial charge in [0.2, 0.25) is 15.9 Å². The first-order valence-corrected chi connectivity index (χ1v) is 7.93. The maximum Gasteiger partial charge on any atom is 0.243 e. The molecule has 0 spiro atoms. The number of rotatable bonds is 5. The van der Waals surface area contributed by atoms with Gasteiger partial charge in [-0.25, -0.2) is 8.42 Å². The average Bonchev–Trinajstić information content (AvgIpc) is 3.16. The molecule has 0 aromatic heterocycles. The highest BCUT2D eigenvalue weighted by atomic mass is 35.5. The van der Waals surface area contributed by atoms with Crippen LogP contribution in [0.5, 0.6) is 0 Å². The third-order valence-electron chi connectivity index (χ3n) is 2.98. The second-order valence-electron chi connectivity index (χ2n) is 4.79. The summed E-state index contributed by atoms with van der Waals surface area (Å²) in [6.07, 6.45) is 1.91. The van der Waals surface area contributed by atoms with Crippen molar-refractivity contribution in [3.05, 3.63) is 23.2 Å². The number of halogens is 1. The van der Waals surface area contributed by atoms with Gasteiger partial charge in [0.15, 0.2) is 0 Å². The molecule has 8 heteroatoms. The number of hydrogen-bond donors (Lipinski definition) is 2. The second kappa shape index (κ2) is 5.59. The third kappa shape index (κ3) is 3.41. The smallest absolute Gasteiger partial charge is 0.243 e. The van der Waals surface area contributed by atoms with Crippen LogP contribution >= 0.6 is 11.6 Å². The van der Waals surface area contributed by atoms with E-state index in [0.717, 1.165) is 17.1 Å². The number of nitrogens with two attached hydrogens (primary N) is 1. The van der Waals surface area contributed by atoms with E-state index in [1.54, 1.807) is 0 Å². The average molecular weight is 318 g/mol. The van der Waals surface area contributed by atoms with Gasteiger partial charge in [0.1, 0.15) is 0 Å². The number of nitrogens with one attached hydrogen (secondary N) is 1. The number of carbonyl (C=O) groups is 1. The van der Waals surface area contributed by atoms with E-state index in [0.29, 0.717) is 0 Å². The zero-order valence-corrected chi connectivity index (χ0v) is 12.5. The standard InChI is InChI=1S/C12H16ClN3O3S/c1-16(7-12(17)15-8-2-3-8)20(18,19)9-4-5-10(13)11(14)6-9/h4-6,8H,2-3,7,14H2,1H3,(H,15,17). The molecule has 110 valence electrons. The Hall–Kier alpha value is -1.31. The molecule has 1 aromatic carbocycles. The number of nitrogen functional groups attached to an aromatic ring is 1. The summed E-state index contributed by atoms with van der Waals surface area (Å²) in [5.41, 5.74) is 5.78. The molecule has 0 unspecified atom stereocenters. The molecule has 1 aliphatic carbocycles. The van der Waals surface area contributed by atoms with E-state index in [4.69, 9.17) is 17.3 Å². The zero-order chi connectivity index (χ0) is 14.9. The number of hydrogen-bond acceptors (Lipinski definition) is 4. The van der Waals surface area contributed by atoms with Gasteiger partial charge in [-0.2, -0.15) is 4.31 Å². The summed E-state index contributed by atoms with van der Waals surface area (Å²) in [5.74, 6) is -0.305. The quantitative estimate of drug-likeness (QED) is 0.786. The normalized spacial score (nSPS) is 15.3. The minimum atomic E-state index is -3.75. The molecule has 0 saturated heterocycles. The highest BCUT2D eigenvalue weighted by molar-refractivity contribution is 7.89. The molecule has 1 aliphatic rings. The van der Waals surface area contributed by atoms with Crippen LogP contribution in [-0.4, -0.2) is 38.3 Å². The molecule has 0 radical (unpaired) electrons. The Labute approximate surface area is 122 Å². The fourth-order valence-electron chi connectivity index (χ4n) is 1.65. The SMILES string of the molecule is CN(CC(=O)NC1CC1)S(=O)(=O)c1ccc(Cl)c(N)c1. The summed E-state index contributed by atoms with van der Waals surface area (Å²) in [6, 6.07) is 4.27. The summed E-state index contributed by atoms with van der Waals surface area (Å²) in [4.78, 5) is 11.7. The number of likely N-dealkylation sites (N-methyl/N-ethyl adjacent to an activating group) is 1. The number of sulfonamides is 1. The molecule has 0 atom stereocenters. The molecule has 0 aliphatic heterocycles. The molecule has 3 N–H and O–H groups in total. The molecule has 1 saturated carbocycles. The second-order valence-corrected chi connectivity index (χ2v) is 7.24. The Bertz CT molecular complexity index is 629. The molecular weight excluding hydrogens is 302 g/mol. The summed E-state index contributed by atoms with van der Waals surface area (Å²) in [6.45, 7) is -0.221. The van der Waals surface area contributed by atoms with Crippen molar-refractivity contribution >= 4 is 33.2 Å². The number of carbonyl (C=O) groups excluding carboxylic acids is 1. The molecular formula is C12H16ClN3O3S. The lowest BCUT2D eigenvalue weighted by molar-refractivity contribution is -0.121. The van der Waals surface area contributed by atoms with E-state index in [-0.39, 0.29) is 34.1 Å². The van der Waals surface area contributed by atoms with Gasteiger partial charge in [0.05, 0.1) is 22.2 Å². The first-order valence-electron chi connectivity index (χ1n) is 6.11. The number of amides is 1. The van der Waals surface area contributed by atoms with Crippen molar-refractivity contribution < 1.29 is 13.2 Å². The molecule has 6 nitrogen and oxygen atoms in total. The van der Waals surface area contributed by atoms with Crippen molar-refractivity contribution in [2.45, 2.75) is 23.8 Å². The molecule has 20 heavy (non-hydrogen) atoms. The molecule has 1 aromatic rings. The van der Waals surface area contributed by atoms with Crippen LogP contribution in [0.3, 0.4) is 0 Å². The maximum absolute atomic E-state index is 12.3. The van der Waals surface area contributed by atoms with Crippen molar-refractivity contribution in [2.24, 2.45) is 0 Å². The van der Waals surface area contributed by atoms with Crippen molar-refractivity contribution in [1.82, 2.24) is 9.62 Å². The summed E-state index contributed by atoms with van der Waals surface area (Å²) < 4.78 is 25.6. The Balaban J connectivity index is 2.11. The summed E-state index contributed by atoms with van der Waals surface area (Å²) in [7, 11) is -2.40. The van der Waals surface area contributed by atoms with Gasteiger partial charge in [-0.05, 0) is 31.0 Å². The Morgan fingerprint density at radius 1 is 1.50 bits per heavy atom. The van der Waals surface area contributed by atoms with Crippen LogP contribution in [0.2, 0.25) is 5.02 Å². The molecule has 0 bridgehead atoms. The van der Waals surface area contributed by atoms with Gasteiger partial charge in [-0.15, -0.1) is 0 Å². The lowest BCUT2D eigenvalue weighted by Crippen LogP contribution is -2.39. The fourth-order valence-corrected chi connectivity index (χ4v) is 2.93.